The summed E-state index contributed by atoms with van der Waals surface area (Å²) in [7, 11) is -2.16. The number of sulfonamides is 1. The van der Waals surface area contributed by atoms with Gasteiger partial charge in [0.25, 0.3) is 16.0 Å². The van der Waals surface area contributed by atoms with Crippen LogP contribution < -0.4 is 4.72 Å². The molecule has 0 aliphatic rings. The highest BCUT2D eigenvalue weighted by molar-refractivity contribution is 7.98. The minimum absolute atomic E-state index is 0.00334. The molecule has 0 aliphatic carbocycles. The number of aromatic nitrogens is 3. The Hall–Kier alpha value is -2.05. The zero-order chi connectivity index (χ0) is 15.6. The minimum Gasteiger partial charge on any atom is -0.246 e. The van der Waals surface area contributed by atoms with Crippen molar-refractivity contribution in [2.45, 2.75) is 17.0 Å². The number of nitrogens with zero attached hydrogens (tertiary/aromatic N) is 4. The smallest absolute Gasteiger partial charge is 0.246 e. The molecule has 0 saturated carbocycles. The molecule has 1 aromatic carbocycles. The van der Waals surface area contributed by atoms with Crippen molar-refractivity contribution in [1.82, 2.24) is 14.8 Å². The van der Waals surface area contributed by atoms with E-state index in [1.807, 2.05) is 12.3 Å². The van der Waals surface area contributed by atoms with Gasteiger partial charge in [-0.15, -0.1) is 5.10 Å². The Morgan fingerprint density at radius 2 is 2.14 bits per heavy atom. The van der Waals surface area contributed by atoms with Crippen LogP contribution in [0.15, 0.2) is 28.3 Å². The van der Waals surface area contributed by atoms with Crippen molar-refractivity contribution in [3.8, 4) is 6.07 Å². The molecule has 1 aromatic heterocycles. The van der Waals surface area contributed by atoms with Gasteiger partial charge in [0, 0.05) is 7.05 Å². The van der Waals surface area contributed by atoms with Gasteiger partial charge in [-0.05, 0) is 30.9 Å². The van der Waals surface area contributed by atoms with Gasteiger partial charge in [-0.2, -0.15) is 10.2 Å². The van der Waals surface area contributed by atoms with Crippen LogP contribution in [0.4, 0.5) is 5.95 Å². The van der Waals surface area contributed by atoms with Gasteiger partial charge in [-0.1, -0.05) is 17.8 Å². The predicted molar refractivity (Wildman–Crippen MR) is 79.5 cm³/mol. The predicted octanol–water partition coefficient (Wildman–Crippen LogP) is 1.52. The summed E-state index contributed by atoms with van der Waals surface area (Å²) in [6.45, 7) is 1.66. The van der Waals surface area contributed by atoms with Crippen LogP contribution in [-0.2, 0) is 17.1 Å². The summed E-state index contributed by atoms with van der Waals surface area (Å²) in [6.07, 6.45) is 1.82. The van der Waals surface area contributed by atoms with E-state index in [9.17, 15) is 8.42 Å². The van der Waals surface area contributed by atoms with E-state index in [4.69, 9.17) is 5.26 Å². The lowest BCUT2D eigenvalue weighted by atomic mass is 10.2. The van der Waals surface area contributed by atoms with Gasteiger partial charge >= 0.3 is 0 Å². The van der Waals surface area contributed by atoms with E-state index < -0.39 is 10.0 Å². The number of nitriles is 1. The SMILES string of the molecule is CSc1nc(NS(=O)(=O)c2cc(C#N)ccc2C)nn1C. The second-order valence-electron chi connectivity index (χ2n) is 4.24. The number of hydrogen-bond acceptors (Lipinski definition) is 6. The number of nitrogens with one attached hydrogen (secondary N) is 1. The molecule has 0 saturated heterocycles. The van der Waals surface area contributed by atoms with Gasteiger partial charge in [-0.3, -0.25) is 0 Å². The van der Waals surface area contributed by atoms with E-state index in [1.165, 1.54) is 22.5 Å². The summed E-state index contributed by atoms with van der Waals surface area (Å²) in [5.41, 5.74) is 0.822. The van der Waals surface area contributed by atoms with Crippen molar-refractivity contribution in [2.75, 3.05) is 11.0 Å². The fourth-order valence-electron chi connectivity index (χ4n) is 1.73. The van der Waals surface area contributed by atoms with Gasteiger partial charge in [0.15, 0.2) is 5.16 Å². The lowest BCUT2D eigenvalue weighted by Gasteiger charge is -2.07. The van der Waals surface area contributed by atoms with Gasteiger partial charge in [-0.25, -0.2) is 17.8 Å². The topological polar surface area (TPSA) is 101 Å². The number of hydrogen-bond donors (Lipinski definition) is 1. The normalized spacial score (nSPS) is 11.1. The first-order valence-electron chi connectivity index (χ1n) is 5.86. The first-order chi connectivity index (χ1) is 9.87. The number of rotatable bonds is 4. The molecule has 0 aliphatic heterocycles. The van der Waals surface area contributed by atoms with E-state index in [-0.39, 0.29) is 16.4 Å². The molecular formula is C12H13N5O2S2. The molecule has 1 N–H and O–H groups in total. The number of anilines is 1. The first-order valence-corrected chi connectivity index (χ1v) is 8.57. The van der Waals surface area contributed by atoms with E-state index in [2.05, 4.69) is 14.8 Å². The van der Waals surface area contributed by atoms with Gasteiger partial charge in [0.2, 0.25) is 0 Å². The Morgan fingerprint density at radius 3 is 2.71 bits per heavy atom. The summed E-state index contributed by atoms with van der Waals surface area (Å²) in [5.74, 6) is 0.00334. The Kier molecular flexibility index (Phi) is 4.20. The van der Waals surface area contributed by atoms with Crippen molar-refractivity contribution >= 4 is 27.7 Å². The molecule has 7 nitrogen and oxygen atoms in total. The van der Waals surface area contributed by atoms with Gasteiger partial charge < -0.3 is 0 Å². The number of benzene rings is 1. The maximum absolute atomic E-state index is 12.4. The molecule has 110 valence electrons. The summed E-state index contributed by atoms with van der Waals surface area (Å²) in [5, 5.41) is 13.5. The second-order valence-corrected chi connectivity index (χ2v) is 6.67. The van der Waals surface area contributed by atoms with Crippen molar-refractivity contribution < 1.29 is 8.42 Å². The molecule has 0 spiro atoms. The molecule has 0 radical (unpaired) electrons. The molecule has 0 bridgehead atoms. The molecule has 0 atom stereocenters. The van der Waals surface area contributed by atoms with Crippen LogP contribution in [0.25, 0.3) is 0 Å². The monoisotopic (exact) mass is 323 g/mol. The van der Waals surface area contributed by atoms with Gasteiger partial charge in [0.05, 0.1) is 16.5 Å². The van der Waals surface area contributed by atoms with E-state index in [0.29, 0.717) is 10.7 Å². The maximum atomic E-state index is 12.4. The van der Waals surface area contributed by atoms with Crippen LogP contribution in [0.1, 0.15) is 11.1 Å². The molecule has 0 fully saturated rings. The molecule has 0 amide bonds. The number of thioether (sulfide) groups is 1. The van der Waals surface area contributed by atoms with E-state index in [0.717, 1.165) is 0 Å². The first kappa shape index (κ1) is 15.3. The van der Waals surface area contributed by atoms with Crippen molar-refractivity contribution in [2.24, 2.45) is 7.05 Å². The Morgan fingerprint density at radius 1 is 1.43 bits per heavy atom. The summed E-state index contributed by atoms with van der Waals surface area (Å²) in [4.78, 5) is 4.11. The zero-order valence-corrected chi connectivity index (χ0v) is 13.3. The van der Waals surface area contributed by atoms with Crippen LogP contribution in [0.3, 0.4) is 0 Å². The molecular weight excluding hydrogens is 310 g/mol. The van der Waals surface area contributed by atoms with Crippen LogP contribution in [0.2, 0.25) is 0 Å². The summed E-state index contributed by atoms with van der Waals surface area (Å²) in [6, 6.07) is 6.41. The highest BCUT2D eigenvalue weighted by Gasteiger charge is 2.20. The molecule has 9 heteroatoms. The third-order valence-corrected chi connectivity index (χ3v) is 4.93. The average Bonchev–Trinajstić information content (AvgIpc) is 2.78. The van der Waals surface area contributed by atoms with Crippen molar-refractivity contribution in [3.05, 3.63) is 29.3 Å². The van der Waals surface area contributed by atoms with Crippen LogP contribution in [0, 0.1) is 18.3 Å². The summed E-state index contributed by atoms with van der Waals surface area (Å²) < 4.78 is 28.6. The van der Waals surface area contributed by atoms with Crippen LogP contribution in [0.5, 0.6) is 0 Å². The third-order valence-electron chi connectivity index (χ3n) is 2.74. The molecule has 2 aromatic rings. The molecule has 1 heterocycles. The lowest BCUT2D eigenvalue weighted by Crippen LogP contribution is -2.15. The standard InChI is InChI=1S/C12H13N5O2S2/c1-8-4-5-9(7-13)6-10(8)21(18,19)16-11-14-12(20-3)17(2)15-11/h4-6H,1-3H3,(H,15,16). The largest absolute Gasteiger partial charge is 0.264 e. The Bertz CT molecular complexity index is 821. The van der Waals surface area contributed by atoms with E-state index in [1.54, 1.807) is 26.1 Å². The molecule has 21 heavy (non-hydrogen) atoms. The quantitative estimate of drug-likeness (QED) is 0.856. The van der Waals surface area contributed by atoms with Crippen molar-refractivity contribution in [1.29, 1.82) is 5.26 Å². The number of aryl methyl sites for hydroxylation is 2. The lowest BCUT2D eigenvalue weighted by molar-refractivity contribution is 0.600. The second kappa shape index (κ2) is 5.75. The third kappa shape index (κ3) is 3.17. The fourth-order valence-corrected chi connectivity index (χ4v) is 3.42. The molecule has 0 unspecified atom stereocenters. The van der Waals surface area contributed by atoms with Crippen LogP contribution in [-0.4, -0.2) is 29.4 Å². The fraction of sp³-hybridized carbons (Fsp3) is 0.250. The van der Waals surface area contributed by atoms with E-state index >= 15 is 0 Å². The maximum Gasteiger partial charge on any atom is 0.264 e. The highest BCUT2D eigenvalue weighted by Crippen LogP contribution is 2.20. The average molecular weight is 323 g/mol. The minimum atomic E-state index is -3.84. The highest BCUT2D eigenvalue weighted by atomic mass is 32.2. The molecule has 2 rings (SSSR count). The van der Waals surface area contributed by atoms with Crippen molar-refractivity contribution in [3.63, 3.8) is 0 Å². The summed E-state index contributed by atoms with van der Waals surface area (Å²) >= 11 is 1.36. The zero-order valence-electron chi connectivity index (χ0n) is 11.7. The van der Waals surface area contributed by atoms with Crippen LogP contribution >= 0.6 is 11.8 Å². The van der Waals surface area contributed by atoms with Gasteiger partial charge in [0.1, 0.15) is 0 Å². The Labute approximate surface area is 127 Å². The Balaban J connectivity index is 2.40.